The van der Waals surface area contributed by atoms with Gasteiger partial charge in [-0.15, -0.1) is 0 Å². The smallest absolute Gasteiger partial charge is 0.339 e. The van der Waals surface area contributed by atoms with Crippen LogP contribution in [0.25, 0.3) is 22.5 Å². The van der Waals surface area contributed by atoms with Crippen molar-refractivity contribution in [3.8, 4) is 28.6 Å². The van der Waals surface area contributed by atoms with Crippen molar-refractivity contribution in [2.45, 2.75) is 25.8 Å². The molecule has 0 atom stereocenters. The first-order chi connectivity index (χ1) is 21.3. The normalized spacial score (nSPS) is 13.1. The molecule has 1 amide bonds. The number of aryl methyl sites for hydroxylation is 1. The summed E-state index contributed by atoms with van der Waals surface area (Å²) in [5.41, 5.74) is 8.85. The summed E-state index contributed by atoms with van der Waals surface area (Å²) >= 11 is 0. The van der Waals surface area contributed by atoms with Crippen LogP contribution < -0.4 is 26.2 Å². The molecule has 1 aliphatic rings. The molecule has 11 nitrogen and oxygen atoms in total. The van der Waals surface area contributed by atoms with Crippen molar-refractivity contribution in [1.29, 1.82) is 0 Å². The summed E-state index contributed by atoms with van der Waals surface area (Å²) in [5.74, 6) is 1.63. The number of rotatable bonds is 10. The molecular formula is C33H33N7O4. The number of nitrogens with one attached hydrogen (secondary N) is 1. The average Bonchev–Trinajstić information content (AvgIpc) is 3.82. The molecule has 5 aromatic rings. The summed E-state index contributed by atoms with van der Waals surface area (Å²) in [6.45, 7) is 2.58. The number of carbonyl (C=O) groups excluding carboxylic acids is 1. The lowest BCUT2D eigenvalue weighted by atomic mass is 10.2. The van der Waals surface area contributed by atoms with Gasteiger partial charge in [-0.3, -0.25) is 14.3 Å². The second-order valence-corrected chi connectivity index (χ2v) is 10.7. The molecule has 0 spiro atoms. The lowest BCUT2D eigenvalue weighted by molar-refractivity contribution is -0.111. The molecule has 0 saturated heterocycles. The summed E-state index contributed by atoms with van der Waals surface area (Å²) in [5, 5.41) is 2.88. The highest BCUT2D eigenvalue weighted by molar-refractivity contribution is 5.99. The van der Waals surface area contributed by atoms with Crippen LogP contribution in [0, 0.1) is 6.92 Å². The van der Waals surface area contributed by atoms with Gasteiger partial charge in [0.25, 0.3) is 0 Å². The number of nitrogens with zero attached hydrogens (tertiary/aromatic N) is 5. The minimum Gasteiger partial charge on any atom is -0.497 e. The van der Waals surface area contributed by atoms with Crippen LogP contribution >= 0.6 is 0 Å². The minimum absolute atomic E-state index is 0.146. The van der Waals surface area contributed by atoms with Crippen molar-refractivity contribution < 1.29 is 14.3 Å². The fourth-order valence-electron chi connectivity index (χ4n) is 5.15. The van der Waals surface area contributed by atoms with Gasteiger partial charge in [-0.2, -0.15) is 0 Å². The van der Waals surface area contributed by atoms with E-state index in [1.165, 1.54) is 41.5 Å². The van der Waals surface area contributed by atoms with Gasteiger partial charge in [-0.25, -0.2) is 19.3 Å². The Kier molecular flexibility index (Phi) is 7.86. The van der Waals surface area contributed by atoms with Crippen LogP contribution in [0.2, 0.25) is 0 Å². The first-order valence-corrected chi connectivity index (χ1v) is 14.3. The molecule has 2 aromatic heterocycles. The summed E-state index contributed by atoms with van der Waals surface area (Å²) in [6.07, 6.45) is 7.06. The maximum Gasteiger partial charge on any atom is 0.339 e. The van der Waals surface area contributed by atoms with Gasteiger partial charge >= 0.3 is 5.69 Å². The Balaban J connectivity index is 1.37. The number of para-hydroxylation sites is 1. The topological polar surface area (TPSA) is 130 Å². The van der Waals surface area contributed by atoms with Gasteiger partial charge in [0.2, 0.25) is 5.91 Å². The predicted molar refractivity (Wildman–Crippen MR) is 170 cm³/mol. The van der Waals surface area contributed by atoms with E-state index < -0.39 is 5.69 Å². The number of imidazole rings is 1. The van der Waals surface area contributed by atoms with Crippen LogP contribution in [0.5, 0.6) is 17.2 Å². The number of amides is 1. The Morgan fingerprint density at radius 3 is 2.57 bits per heavy atom. The fourth-order valence-corrected chi connectivity index (χ4v) is 5.15. The number of likely N-dealkylation sites (N-methyl/N-ethyl adjacent to an activating group) is 1. The number of hydrogen-bond donors (Lipinski definition) is 2. The molecule has 0 unspecified atom stereocenters. The second kappa shape index (κ2) is 12.1. The van der Waals surface area contributed by atoms with Crippen LogP contribution in [0.15, 0.2) is 90.0 Å². The van der Waals surface area contributed by atoms with Crippen LogP contribution in [0.3, 0.4) is 0 Å². The molecule has 0 aliphatic heterocycles. The third kappa shape index (κ3) is 5.90. The van der Waals surface area contributed by atoms with E-state index in [9.17, 15) is 9.59 Å². The fraction of sp³-hybridized carbons (Fsp3) is 0.212. The standard InChI is InChI=1S/C33H33N7O4/c1-21-16-26(44-25-8-5-4-6-9-25)13-14-28(21)40-30-31(34)35-20-36-32(30)39(33(40)42)24-17-22(18-27(19-24)43-3)37-29(41)10-7-15-38(2)23-11-12-23/h4-10,13-14,16-20,23H,11-12,15H2,1-3H3,(H,37,41)(H2,34,35,36). The maximum absolute atomic E-state index is 14.2. The second-order valence-electron chi connectivity index (χ2n) is 10.7. The highest BCUT2D eigenvalue weighted by atomic mass is 16.5. The monoisotopic (exact) mass is 591 g/mol. The SMILES string of the molecule is COc1cc(NC(=O)C=CCN(C)C2CC2)cc(-n2c(=O)n(-c3ccc(Oc4ccccc4)cc3C)c3c(N)ncnc32)c1. The van der Waals surface area contributed by atoms with Gasteiger partial charge in [0.1, 0.15) is 29.1 Å². The van der Waals surface area contributed by atoms with E-state index >= 15 is 0 Å². The van der Waals surface area contributed by atoms with Gasteiger partial charge in [0.15, 0.2) is 11.5 Å². The highest BCUT2D eigenvalue weighted by Crippen LogP contribution is 2.30. The van der Waals surface area contributed by atoms with Crippen LogP contribution in [0.1, 0.15) is 18.4 Å². The van der Waals surface area contributed by atoms with Crippen molar-refractivity contribution in [3.63, 3.8) is 0 Å². The summed E-state index contributed by atoms with van der Waals surface area (Å²) in [7, 11) is 3.57. The van der Waals surface area contributed by atoms with Crippen molar-refractivity contribution in [1.82, 2.24) is 24.0 Å². The molecule has 3 N–H and O–H groups in total. The van der Waals surface area contributed by atoms with Gasteiger partial charge in [0.05, 0.1) is 18.5 Å². The molecule has 1 aliphatic carbocycles. The lowest BCUT2D eigenvalue weighted by Crippen LogP contribution is -2.23. The number of nitrogens with two attached hydrogens (primary N) is 1. The Bertz CT molecular complexity index is 1930. The number of carbonyl (C=O) groups is 1. The predicted octanol–water partition coefficient (Wildman–Crippen LogP) is 4.85. The van der Waals surface area contributed by atoms with Crippen molar-refractivity contribution in [3.05, 3.63) is 101 Å². The van der Waals surface area contributed by atoms with Gasteiger partial charge in [0, 0.05) is 36.5 Å². The van der Waals surface area contributed by atoms with Crippen LogP contribution in [0.4, 0.5) is 11.5 Å². The summed E-state index contributed by atoms with van der Waals surface area (Å²) in [4.78, 5) is 37.8. The minimum atomic E-state index is -0.416. The number of aromatic nitrogens is 4. The zero-order chi connectivity index (χ0) is 30.8. The molecule has 1 fully saturated rings. The van der Waals surface area contributed by atoms with E-state index in [0.717, 1.165) is 5.56 Å². The van der Waals surface area contributed by atoms with Crippen LogP contribution in [-0.4, -0.2) is 56.7 Å². The maximum atomic E-state index is 14.2. The Morgan fingerprint density at radius 1 is 1.05 bits per heavy atom. The molecule has 3 aromatic carbocycles. The van der Waals surface area contributed by atoms with Gasteiger partial charge in [-0.1, -0.05) is 24.3 Å². The number of methoxy groups -OCH3 is 1. The van der Waals surface area contributed by atoms with Crippen molar-refractivity contribution >= 4 is 28.6 Å². The Labute approximate surface area is 254 Å². The number of benzene rings is 3. The molecule has 224 valence electrons. The van der Waals surface area contributed by atoms with E-state index in [1.54, 1.807) is 30.3 Å². The third-order valence-electron chi connectivity index (χ3n) is 7.52. The zero-order valence-electron chi connectivity index (χ0n) is 24.7. The summed E-state index contributed by atoms with van der Waals surface area (Å²) in [6, 6.07) is 20.6. The largest absolute Gasteiger partial charge is 0.497 e. The molecule has 44 heavy (non-hydrogen) atoms. The van der Waals surface area contributed by atoms with Crippen LogP contribution in [-0.2, 0) is 4.79 Å². The number of hydrogen-bond acceptors (Lipinski definition) is 8. The third-order valence-corrected chi connectivity index (χ3v) is 7.52. The molecule has 11 heteroatoms. The van der Waals surface area contributed by atoms with E-state index in [2.05, 4.69) is 20.2 Å². The zero-order valence-corrected chi connectivity index (χ0v) is 24.7. The lowest BCUT2D eigenvalue weighted by Gasteiger charge is -2.12. The number of ether oxygens (including phenoxy) is 2. The number of nitrogen functional groups attached to an aromatic ring is 1. The van der Waals surface area contributed by atoms with E-state index in [4.69, 9.17) is 15.2 Å². The molecule has 0 radical (unpaired) electrons. The molecule has 1 saturated carbocycles. The van der Waals surface area contributed by atoms with Gasteiger partial charge in [-0.05, 0) is 68.8 Å². The van der Waals surface area contributed by atoms with E-state index in [-0.39, 0.29) is 11.7 Å². The Hall–Kier alpha value is -5.42. The first-order valence-electron chi connectivity index (χ1n) is 14.3. The van der Waals surface area contributed by atoms with E-state index in [1.807, 2.05) is 56.4 Å². The summed E-state index contributed by atoms with van der Waals surface area (Å²) < 4.78 is 14.4. The number of fused-ring (bicyclic) bond motifs is 1. The van der Waals surface area contributed by atoms with Gasteiger partial charge < -0.3 is 20.5 Å². The number of anilines is 2. The highest BCUT2D eigenvalue weighted by Gasteiger charge is 2.25. The molecule has 0 bridgehead atoms. The quantitative estimate of drug-likeness (QED) is 0.221. The molecule has 2 heterocycles. The average molecular weight is 592 g/mol. The first kappa shape index (κ1) is 28.7. The molecule has 6 rings (SSSR count). The van der Waals surface area contributed by atoms with Crippen molar-refractivity contribution in [2.24, 2.45) is 0 Å². The molecular weight excluding hydrogens is 558 g/mol. The Morgan fingerprint density at radius 2 is 1.84 bits per heavy atom. The van der Waals surface area contributed by atoms with Crippen molar-refractivity contribution in [2.75, 3.05) is 31.8 Å². The van der Waals surface area contributed by atoms with E-state index in [0.29, 0.717) is 58.1 Å².